The number of hydrogen-bond donors (Lipinski definition) is 1. The molecule has 1 N–H and O–H groups in total. The zero-order chi connectivity index (χ0) is 21.4. The predicted octanol–water partition coefficient (Wildman–Crippen LogP) is 5.27. The van der Waals surface area contributed by atoms with Crippen molar-refractivity contribution in [2.24, 2.45) is 39.7 Å². The van der Waals surface area contributed by atoms with Crippen LogP contribution in [0.1, 0.15) is 78.1 Å². The van der Waals surface area contributed by atoms with Crippen LogP contribution >= 0.6 is 0 Å². The molecule has 7 atom stereocenters. The number of fused-ring (bicyclic) bond motifs is 5. The molecule has 4 heteroatoms. The van der Waals surface area contributed by atoms with Crippen molar-refractivity contribution in [1.82, 2.24) is 4.90 Å². The number of oxime groups is 1. The Morgan fingerprint density at radius 2 is 1.87 bits per heavy atom. The molecule has 0 unspecified atom stereocenters. The Morgan fingerprint density at radius 3 is 2.67 bits per heavy atom. The van der Waals surface area contributed by atoms with Gasteiger partial charge < -0.3 is 14.8 Å². The molecule has 4 nitrogen and oxygen atoms in total. The fourth-order valence-electron chi connectivity index (χ4n) is 8.00. The van der Waals surface area contributed by atoms with Gasteiger partial charge in [-0.2, -0.15) is 0 Å². The summed E-state index contributed by atoms with van der Waals surface area (Å²) in [6.07, 6.45) is 18.5. The van der Waals surface area contributed by atoms with E-state index in [1.807, 2.05) is 26.2 Å². The summed E-state index contributed by atoms with van der Waals surface area (Å²) >= 11 is 0. The van der Waals surface area contributed by atoms with E-state index in [4.69, 9.17) is 4.84 Å². The topological polar surface area (TPSA) is 45.1 Å². The molecule has 4 aliphatic rings. The Bertz CT molecular complexity index is 661. The summed E-state index contributed by atoms with van der Waals surface area (Å²) in [5.41, 5.74) is 0.385. The number of hydrogen-bond acceptors (Lipinski definition) is 4. The highest BCUT2D eigenvalue weighted by Crippen LogP contribution is 2.66. The largest absolute Gasteiger partial charge is 0.394 e. The van der Waals surface area contributed by atoms with Gasteiger partial charge in [0.15, 0.2) is 0 Å². The molecule has 0 spiro atoms. The molecule has 4 aliphatic carbocycles. The van der Waals surface area contributed by atoms with Crippen LogP contribution in [-0.4, -0.2) is 49.1 Å². The van der Waals surface area contributed by atoms with Crippen LogP contribution in [-0.2, 0) is 4.84 Å². The minimum atomic E-state index is -0.677. The summed E-state index contributed by atoms with van der Waals surface area (Å²) < 4.78 is 0. The molecular formula is C26H44N2O2. The molecule has 4 rings (SSSR count). The first-order chi connectivity index (χ1) is 14.3. The lowest BCUT2D eigenvalue weighted by atomic mass is 9.44. The van der Waals surface area contributed by atoms with Crippen LogP contribution in [0.25, 0.3) is 0 Å². The number of likely N-dealkylation sites (N-methyl/N-ethyl adjacent to an activating group) is 1. The third kappa shape index (κ3) is 4.24. The maximum atomic E-state index is 11.3. The summed E-state index contributed by atoms with van der Waals surface area (Å²) in [5, 5.41) is 15.3. The van der Waals surface area contributed by atoms with Crippen LogP contribution in [0.4, 0.5) is 0 Å². The third-order valence-corrected chi connectivity index (χ3v) is 9.80. The van der Waals surface area contributed by atoms with Crippen LogP contribution in [0.3, 0.4) is 0 Å². The zero-order valence-electron chi connectivity index (χ0n) is 19.8. The minimum Gasteiger partial charge on any atom is -0.394 e. The molecule has 4 saturated carbocycles. The summed E-state index contributed by atoms with van der Waals surface area (Å²) in [6, 6.07) is 0. The quantitative estimate of drug-likeness (QED) is 0.364. The lowest BCUT2D eigenvalue weighted by molar-refractivity contribution is -0.135. The van der Waals surface area contributed by atoms with Crippen molar-refractivity contribution >= 4 is 6.21 Å². The second-order valence-corrected chi connectivity index (χ2v) is 11.8. The first-order valence-corrected chi connectivity index (χ1v) is 12.5. The summed E-state index contributed by atoms with van der Waals surface area (Å²) in [5.74, 6) is 3.45. The van der Waals surface area contributed by atoms with Gasteiger partial charge in [0.05, 0.1) is 11.8 Å². The summed E-state index contributed by atoms with van der Waals surface area (Å²) in [4.78, 5) is 7.34. The van der Waals surface area contributed by atoms with Crippen LogP contribution in [0.15, 0.2) is 17.3 Å². The Morgan fingerprint density at radius 1 is 1.03 bits per heavy atom. The number of aliphatic hydroxyl groups is 1. The van der Waals surface area contributed by atoms with Crippen molar-refractivity contribution in [3.63, 3.8) is 0 Å². The van der Waals surface area contributed by atoms with Gasteiger partial charge >= 0.3 is 0 Å². The zero-order valence-corrected chi connectivity index (χ0v) is 19.8. The van der Waals surface area contributed by atoms with Crippen molar-refractivity contribution < 1.29 is 9.94 Å². The van der Waals surface area contributed by atoms with Gasteiger partial charge in [0.25, 0.3) is 0 Å². The van der Waals surface area contributed by atoms with Gasteiger partial charge in [-0.25, -0.2) is 0 Å². The van der Waals surface area contributed by atoms with E-state index in [1.165, 1.54) is 51.4 Å². The van der Waals surface area contributed by atoms with Crippen molar-refractivity contribution in [2.45, 2.75) is 83.7 Å². The van der Waals surface area contributed by atoms with E-state index in [9.17, 15) is 5.11 Å². The molecular weight excluding hydrogens is 372 g/mol. The van der Waals surface area contributed by atoms with Gasteiger partial charge in [-0.05, 0) is 112 Å². The Hall–Kier alpha value is -0.870. The van der Waals surface area contributed by atoms with Gasteiger partial charge in [-0.15, -0.1) is 0 Å². The highest BCUT2D eigenvalue weighted by molar-refractivity contribution is 5.70. The number of allylic oxidation sites excluding steroid dienone is 1. The fraction of sp³-hybridized carbons (Fsp3) is 0.885. The molecule has 0 aromatic heterocycles. The van der Waals surface area contributed by atoms with E-state index in [2.05, 4.69) is 23.9 Å². The van der Waals surface area contributed by atoms with E-state index >= 15 is 0 Å². The fourth-order valence-corrected chi connectivity index (χ4v) is 8.00. The molecule has 0 aromatic carbocycles. The second kappa shape index (κ2) is 8.58. The molecule has 0 aromatic rings. The van der Waals surface area contributed by atoms with Crippen molar-refractivity contribution in [2.75, 3.05) is 27.2 Å². The SMILES string of the molecule is CN(C)CCON=CC=C[C@]1(O)CC[C@@]2(C)[C@H](CC[C@H]3[C@@H]4CCC[C@@]4(C)CC[C@@H]32)C1. The Kier molecular flexibility index (Phi) is 6.38. The van der Waals surface area contributed by atoms with E-state index < -0.39 is 5.60 Å². The molecule has 0 amide bonds. The highest BCUT2D eigenvalue weighted by atomic mass is 16.6. The van der Waals surface area contributed by atoms with Crippen molar-refractivity contribution in [3.8, 4) is 0 Å². The Balaban J connectivity index is 1.36. The minimum absolute atomic E-state index is 0.427. The van der Waals surface area contributed by atoms with Gasteiger partial charge in [0, 0.05) is 6.54 Å². The van der Waals surface area contributed by atoms with Crippen molar-refractivity contribution in [1.29, 1.82) is 0 Å². The monoisotopic (exact) mass is 416 g/mol. The van der Waals surface area contributed by atoms with E-state index in [0.29, 0.717) is 23.4 Å². The van der Waals surface area contributed by atoms with Gasteiger partial charge in [0.1, 0.15) is 6.61 Å². The molecule has 0 heterocycles. The van der Waals surface area contributed by atoms with E-state index in [0.717, 1.165) is 37.1 Å². The van der Waals surface area contributed by atoms with Gasteiger partial charge in [-0.3, -0.25) is 0 Å². The predicted molar refractivity (Wildman–Crippen MR) is 123 cm³/mol. The van der Waals surface area contributed by atoms with Gasteiger partial charge in [0.2, 0.25) is 0 Å². The van der Waals surface area contributed by atoms with Crippen LogP contribution in [0.5, 0.6) is 0 Å². The van der Waals surface area contributed by atoms with Crippen LogP contribution in [0, 0.1) is 34.5 Å². The van der Waals surface area contributed by atoms with Gasteiger partial charge in [-0.1, -0.05) is 31.5 Å². The molecule has 0 aliphatic heterocycles. The maximum absolute atomic E-state index is 11.3. The van der Waals surface area contributed by atoms with Crippen molar-refractivity contribution in [3.05, 3.63) is 12.2 Å². The molecule has 0 radical (unpaired) electrons. The first kappa shape index (κ1) is 22.3. The average Bonchev–Trinajstić information content (AvgIpc) is 3.09. The summed E-state index contributed by atoms with van der Waals surface area (Å²) in [7, 11) is 4.04. The molecule has 0 bridgehead atoms. The van der Waals surface area contributed by atoms with E-state index in [-0.39, 0.29) is 0 Å². The normalized spacial score (nSPS) is 46.2. The van der Waals surface area contributed by atoms with E-state index in [1.54, 1.807) is 6.21 Å². The molecule has 170 valence electrons. The average molecular weight is 417 g/mol. The lowest BCUT2D eigenvalue weighted by Crippen LogP contribution is -2.55. The molecule has 4 fully saturated rings. The highest BCUT2D eigenvalue weighted by Gasteiger charge is 2.58. The number of rotatable bonds is 6. The molecule has 0 saturated heterocycles. The Labute approximate surface area is 184 Å². The number of nitrogens with zero attached hydrogens (tertiary/aromatic N) is 2. The third-order valence-electron chi connectivity index (χ3n) is 9.80. The first-order valence-electron chi connectivity index (χ1n) is 12.5. The van der Waals surface area contributed by atoms with Crippen LogP contribution in [0.2, 0.25) is 0 Å². The van der Waals surface area contributed by atoms with Crippen LogP contribution < -0.4 is 0 Å². The second-order valence-electron chi connectivity index (χ2n) is 11.8. The summed E-state index contributed by atoms with van der Waals surface area (Å²) in [6.45, 7) is 6.61. The smallest absolute Gasteiger partial charge is 0.129 e. The maximum Gasteiger partial charge on any atom is 0.129 e. The lowest BCUT2D eigenvalue weighted by Gasteiger charge is -2.61. The molecule has 30 heavy (non-hydrogen) atoms. The standard InChI is InChI=1S/C26H44N2O2/c1-24-11-5-7-22(24)21-9-8-20-19-26(29,12-6-16-27-30-18-17-28(3)4)15-14-25(20,2)23(21)10-13-24/h6,12,16,20-23,29H,5,7-11,13-15,17-19H2,1-4H3/t20-,21+,22+,23+,24+,25+,26+/m1/s1.